The van der Waals surface area contributed by atoms with Crippen molar-refractivity contribution >= 4 is 40.6 Å². The largest absolute Gasteiger partial charge is 0.345 e. The van der Waals surface area contributed by atoms with Crippen LogP contribution in [0.25, 0.3) is 0 Å². The Hall–Kier alpha value is -3.12. The van der Waals surface area contributed by atoms with Crippen LogP contribution < -0.4 is 16.2 Å². The second kappa shape index (κ2) is 10.9. The summed E-state index contributed by atoms with van der Waals surface area (Å²) in [7, 11) is 0. The van der Waals surface area contributed by atoms with Gasteiger partial charge in [0.25, 0.3) is 11.8 Å². The minimum atomic E-state index is -1.08. The van der Waals surface area contributed by atoms with E-state index >= 15 is 0 Å². The lowest BCUT2D eigenvalue weighted by atomic mass is 9.91. The van der Waals surface area contributed by atoms with Crippen molar-refractivity contribution in [3.8, 4) is 0 Å². The highest BCUT2D eigenvalue weighted by molar-refractivity contribution is 7.14. The van der Waals surface area contributed by atoms with Crippen LogP contribution in [0.1, 0.15) is 79.0 Å². The lowest BCUT2D eigenvalue weighted by Crippen LogP contribution is -2.46. The number of thiazole rings is 1. The zero-order valence-electron chi connectivity index (χ0n) is 20.8. The van der Waals surface area contributed by atoms with Crippen LogP contribution in [-0.4, -0.2) is 62.2 Å². The number of rotatable bonds is 10. The van der Waals surface area contributed by atoms with Crippen LogP contribution in [0.4, 0.5) is 9.93 Å². The number of hydrogen-bond donors (Lipinski definition) is 2. The predicted molar refractivity (Wildman–Crippen MR) is 134 cm³/mol. The zero-order chi connectivity index (χ0) is 26.0. The third-order valence-electron chi connectivity index (χ3n) is 6.72. The van der Waals surface area contributed by atoms with E-state index in [1.807, 2.05) is 11.7 Å². The minimum Gasteiger partial charge on any atom is -0.345 e. The maximum Gasteiger partial charge on any atom is 0.341 e. The van der Waals surface area contributed by atoms with E-state index in [4.69, 9.17) is 5.84 Å². The fourth-order valence-electron chi connectivity index (χ4n) is 4.35. The van der Waals surface area contributed by atoms with E-state index in [2.05, 4.69) is 28.7 Å². The monoisotopic (exact) mass is 514 g/mol. The quantitative estimate of drug-likeness (QED) is 0.213. The molecule has 3 N–H and O–H groups in total. The van der Waals surface area contributed by atoms with Crippen LogP contribution in [0.15, 0.2) is 11.7 Å². The number of aromatic nitrogens is 3. The van der Waals surface area contributed by atoms with Gasteiger partial charge in [0.05, 0.1) is 5.69 Å². The van der Waals surface area contributed by atoms with Crippen molar-refractivity contribution in [3.05, 3.63) is 28.8 Å². The number of nitrogen functional groups attached to an aromatic ring is 1. The van der Waals surface area contributed by atoms with Crippen molar-refractivity contribution in [3.63, 3.8) is 0 Å². The molecule has 12 heteroatoms. The number of hydrogen-bond acceptors (Lipinski definition) is 9. The summed E-state index contributed by atoms with van der Waals surface area (Å²) in [5, 5.41) is 2.37. The van der Waals surface area contributed by atoms with Gasteiger partial charge in [0.2, 0.25) is 6.29 Å². The molecule has 2 saturated carbocycles. The molecule has 0 saturated heterocycles. The molecular weight excluding hydrogens is 482 g/mol. The maximum atomic E-state index is 13.7. The summed E-state index contributed by atoms with van der Waals surface area (Å²) in [4.78, 5) is 63.1. The second-order valence-electron chi connectivity index (χ2n) is 9.94. The molecule has 2 fully saturated rings. The van der Waals surface area contributed by atoms with Gasteiger partial charge in [0.15, 0.2) is 5.13 Å². The molecule has 11 nitrogen and oxygen atoms in total. The molecule has 2 heterocycles. The Morgan fingerprint density at radius 2 is 1.97 bits per heavy atom. The number of nitrogens with two attached hydrogens (primary N) is 1. The number of anilines is 1. The average molecular weight is 515 g/mol. The SMILES string of the molecule is Cc1c(C(=O)N(C(=O)c2csc(N(CC(C)C)C3CCC3)n2)[C@H]([C]=O)CC2CC2)ncn1C(=O)NN. The van der Waals surface area contributed by atoms with Gasteiger partial charge in [0.1, 0.15) is 23.8 Å². The molecule has 193 valence electrons. The first-order valence-corrected chi connectivity index (χ1v) is 13.2. The number of imide groups is 1. The number of nitrogens with one attached hydrogen (secondary N) is 1. The standard InChI is InChI=1S/C24H32N7O4S/c1-14(2)10-29(17-5-4-6-17)24-27-19(12-36-24)21(33)31(18(11-32)9-16-7-8-16)22(34)20-15(3)30(13-26-20)23(35)28-25/h12-14,16-18H,4-10,25H2,1-3H3,(H,28,35)/t18-/m0/s1. The first kappa shape index (κ1) is 26.0. The highest BCUT2D eigenvalue weighted by Crippen LogP contribution is 2.36. The Morgan fingerprint density at radius 1 is 1.25 bits per heavy atom. The van der Waals surface area contributed by atoms with Crippen LogP contribution in [0.3, 0.4) is 0 Å². The Labute approximate surface area is 214 Å². The Morgan fingerprint density at radius 3 is 2.53 bits per heavy atom. The third-order valence-corrected chi connectivity index (χ3v) is 7.60. The molecular formula is C24H32N7O4S. The van der Waals surface area contributed by atoms with Gasteiger partial charge in [-0.25, -0.2) is 20.6 Å². The van der Waals surface area contributed by atoms with E-state index in [9.17, 15) is 19.2 Å². The molecule has 1 radical (unpaired) electrons. The molecule has 0 aliphatic heterocycles. The van der Waals surface area contributed by atoms with Gasteiger partial charge in [-0.2, -0.15) is 0 Å². The zero-order valence-corrected chi connectivity index (χ0v) is 21.6. The van der Waals surface area contributed by atoms with Crippen LogP contribution in [0.5, 0.6) is 0 Å². The van der Waals surface area contributed by atoms with Gasteiger partial charge in [-0.1, -0.05) is 26.7 Å². The van der Waals surface area contributed by atoms with E-state index < -0.39 is 23.9 Å². The van der Waals surface area contributed by atoms with Gasteiger partial charge in [-0.05, 0) is 44.4 Å². The summed E-state index contributed by atoms with van der Waals surface area (Å²) in [6.07, 6.45) is 8.59. The lowest BCUT2D eigenvalue weighted by molar-refractivity contribution is 0.0569. The van der Waals surface area contributed by atoms with Crippen molar-refractivity contribution in [2.75, 3.05) is 11.4 Å². The number of carbonyl (C=O) groups excluding carboxylic acids is 4. The normalized spacial score (nSPS) is 16.4. The maximum absolute atomic E-state index is 13.7. The topological polar surface area (TPSA) is 144 Å². The number of amides is 3. The van der Waals surface area contributed by atoms with Gasteiger partial charge in [0, 0.05) is 18.0 Å². The molecule has 0 unspecified atom stereocenters. The molecule has 0 aromatic carbocycles. The smallest absolute Gasteiger partial charge is 0.341 e. The Balaban J connectivity index is 1.65. The van der Waals surface area contributed by atoms with Crippen LogP contribution in [-0.2, 0) is 4.79 Å². The van der Waals surface area contributed by atoms with Gasteiger partial charge in [-0.3, -0.25) is 29.3 Å². The molecule has 1 atom stereocenters. The van der Waals surface area contributed by atoms with Crippen molar-refractivity contribution in [2.45, 2.75) is 71.4 Å². The molecule has 2 aliphatic carbocycles. The van der Waals surface area contributed by atoms with Crippen molar-refractivity contribution in [2.24, 2.45) is 17.7 Å². The molecule has 0 bridgehead atoms. The van der Waals surface area contributed by atoms with Crippen LogP contribution in [0.2, 0.25) is 0 Å². The van der Waals surface area contributed by atoms with Crippen LogP contribution >= 0.6 is 11.3 Å². The van der Waals surface area contributed by atoms with E-state index in [0.29, 0.717) is 18.4 Å². The highest BCUT2D eigenvalue weighted by atomic mass is 32.1. The lowest BCUT2D eigenvalue weighted by Gasteiger charge is -2.38. The summed E-state index contributed by atoms with van der Waals surface area (Å²) in [6, 6.07) is -1.36. The summed E-state index contributed by atoms with van der Waals surface area (Å²) in [5.41, 5.74) is 2.17. The number of hydrazine groups is 1. The molecule has 2 aliphatic rings. The summed E-state index contributed by atoms with van der Waals surface area (Å²) in [6.45, 7) is 6.61. The van der Waals surface area contributed by atoms with E-state index in [1.165, 1.54) is 24.7 Å². The summed E-state index contributed by atoms with van der Waals surface area (Å²) < 4.78 is 1.07. The molecule has 2 aromatic heterocycles. The highest BCUT2D eigenvalue weighted by Gasteiger charge is 2.39. The van der Waals surface area contributed by atoms with Crippen molar-refractivity contribution < 1.29 is 19.2 Å². The molecule has 0 spiro atoms. The number of carbonyl (C=O) groups is 3. The first-order valence-electron chi connectivity index (χ1n) is 12.3. The second-order valence-corrected chi connectivity index (χ2v) is 10.8. The number of nitrogens with zero attached hydrogens (tertiary/aromatic N) is 5. The molecule has 36 heavy (non-hydrogen) atoms. The fraction of sp³-hybridized carbons (Fsp3) is 0.583. The molecule has 4 rings (SSSR count). The average Bonchev–Trinajstić information content (AvgIpc) is 3.34. The first-order chi connectivity index (χ1) is 17.2. The van der Waals surface area contributed by atoms with Gasteiger partial charge < -0.3 is 4.90 Å². The van der Waals surface area contributed by atoms with Crippen LogP contribution in [0, 0.1) is 18.8 Å². The fourth-order valence-corrected chi connectivity index (χ4v) is 5.23. The molecule has 2 aromatic rings. The van der Waals surface area contributed by atoms with Crippen molar-refractivity contribution in [1.82, 2.24) is 24.9 Å². The van der Waals surface area contributed by atoms with Crippen molar-refractivity contribution in [1.29, 1.82) is 0 Å². The van der Waals surface area contributed by atoms with E-state index in [1.54, 1.807) is 5.38 Å². The van der Waals surface area contributed by atoms with E-state index in [-0.39, 0.29) is 23.0 Å². The minimum absolute atomic E-state index is 0.101. The van der Waals surface area contributed by atoms with Gasteiger partial charge in [-0.15, -0.1) is 11.3 Å². The molecule has 3 amide bonds. The van der Waals surface area contributed by atoms with Gasteiger partial charge >= 0.3 is 6.03 Å². The Bertz CT molecular complexity index is 1140. The summed E-state index contributed by atoms with van der Waals surface area (Å²) in [5.74, 6) is 4.43. The number of imidazole rings is 1. The van der Waals surface area contributed by atoms with E-state index in [0.717, 1.165) is 53.2 Å². The Kier molecular flexibility index (Phi) is 7.84. The predicted octanol–water partition coefficient (Wildman–Crippen LogP) is 2.66. The third kappa shape index (κ3) is 5.34. The summed E-state index contributed by atoms with van der Waals surface area (Å²) >= 11 is 1.36.